The molecular formula is C18H15BrFN7OS. The van der Waals surface area contributed by atoms with Gasteiger partial charge in [0.15, 0.2) is 11.5 Å². The summed E-state index contributed by atoms with van der Waals surface area (Å²) in [5.74, 6) is -0.820. The quantitative estimate of drug-likeness (QED) is 0.293. The second kappa shape index (κ2) is 7.84. The second-order valence-electron chi connectivity index (χ2n) is 6.24. The molecule has 148 valence electrons. The zero-order valence-electron chi connectivity index (χ0n) is 15.2. The molecule has 0 spiro atoms. The van der Waals surface area contributed by atoms with Crippen molar-refractivity contribution in [3.8, 4) is 0 Å². The van der Waals surface area contributed by atoms with Crippen LogP contribution in [0, 0.1) is 11.2 Å². The molecule has 0 saturated heterocycles. The minimum atomic E-state index is -0.467. The number of hydrogen-bond donors (Lipinski definition) is 3. The Kier molecular flexibility index (Phi) is 5.24. The molecule has 0 aliphatic heterocycles. The highest BCUT2D eigenvalue weighted by Gasteiger charge is 2.23. The fourth-order valence-electron chi connectivity index (χ4n) is 2.99. The molecule has 4 aromatic heterocycles. The molecule has 0 aliphatic rings. The second-order valence-corrected chi connectivity index (χ2v) is 8.08. The number of halogens is 2. The summed E-state index contributed by atoms with van der Waals surface area (Å²) >= 11 is 4.48. The Bertz CT molecular complexity index is 1210. The van der Waals surface area contributed by atoms with Gasteiger partial charge in [-0.2, -0.15) is 5.10 Å². The maximum Gasteiger partial charge on any atom is 0.269 e. The van der Waals surface area contributed by atoms with Crippen LogP contribution in [0.5, 0.6) is 0 Å². The monoisotopic (exact) mass is 475 g/mol. The highest BCUT2D eigenvalue weighted by molar-refractivity contribution is 9.10. The number of aromatic amines is 1. The Morgan fingerprint density at radius 2 is 2.24 bits per heavy atom. The van der Waals surface area contributed by atoms with Crippen LogP contribution < -0.4 is 5.32 Å². The number of nitrogens with zero attached hydrogens (tertiary/aromatic N) is 4. The topological polar surface area (TPSA) is 112 Å². The summed E-state index contributed by atoms with van der Waals surface area (Å²) < 4.78 is 15.9. The molecule has 11 heteroatoms. The summed E-state index contributed by atoms with van der Waals surface area (Å²) in [5, 5.41) is 18.3. The van der Waals surface area contributed by atoms with Crippen LogP contribution in [0.25, 0.3) is 10.3 Å². The third kappa shape index (κ3) is 3.70. The number of carbonyl (C=O) groups is 1. The predicted molar refractivity (Wildman–Crippen MR) is 111 cm³/mol. The number of carbonyl (C=O) groups excluding carboxylic acids is 1. The number of aryl methyl sites for hydroxylation is 1. The molecule has 0 fully saturated rings. The first-order valence-corrected chi connectivity index (χ1v) is 10.1. The summed E-state index contributed by atoms with van der Waals surface area (Å²) in [6.45, 7) is 0.131. The number of nitrogens with one attached hydrogen (secondary N) is 3. The molecule has 29 heavy (non-hydrogen) atoms. The van der Waals surface area contributed by atoms with Crippen molar-refractivity contribution in [2.75, 3.05) is 0 Å². The maximum atomic E-state index is 13.3. The van der Waals surface area contributed by atoms with Crippen molar-refractivity contribution in [2.45, 2.75) is 13.0 Å². The van der Waals surface area contributed by atoms with Crippen molar-refractivity contribution in [3.63, 3.8) is 0 Å². The van der Waals surface area contributed by atoms with E-state index < -0.39 is 5.82 Å². The lowest BCUT2D eigenvalue weighted by atomic mass is 10.2. The number of H-pyrrole nitrogens is 1. The van der Waals surface area contributed by atoms with Gasteiger partial charge in [-0.3, -0.25) is 9.89 Å². The molecule has 8 nitrogen and oxygen atoms in total. The number of pyridine rings is 1. The van der Waals surface area contributed by atoms with Crippen molar-refractivity contribution in [1.82, 2.24) is 30.0 Å². The number of rotatable bonds is 6. The molecule has 0 radical (unpaired) electrons. The Balaban J connectivity index is 1.59. The SMILES string of the molecule is Cn1c(C(=O)NCc2ccc(F)c(Br)n2)c(C=N)c2sc(Cc3ccn[nH]3)nc21. The van der Waals surface area contributed by atoms with Crippen molar-refractivity contribution >= 4 is 49.7 Å². The molecule has 1 amide bonds. The van der Waals surface area contributed by atoms with Crippen molar-refractivity contribution in [2.24, 2.45) is 7.05 Å². The van der Waals surface area contributed by atoms with E-state index in [2.05, 4.69) is 41.4 Å². The Morgan fingerprint density at radius 3 is 2.93 bits per heavy atom. The van der Waals surface area contributed by atoms with Gasteiger partial charge in [0.2, 0.25) is 0 Å². The van der Waals surface area contributed by atoms with Gasteiger partial charge in [0.1, 0.15) is 15.3 Å². The van der Waals surface area contributed by atoms with Crippen LogP contribution in [-0.2, 0) is 20.0 Å². The van der Waals surface area contributed by atoms with E-state index in [1.54, 1.807) is 17.8 Å². The first-order chi connectivity index (χ1) is 14.0. The van der Waals surface area contributed by atoms with E-state index in [0.717, 1.165) is 15.4 Å². The van der Waals surface area contributed by atoms with E-state index in [4.69, 9.17) is 5.41 Å². The van der Waals surface area contributed by atoms with Crippen LogP contribution in [0.15, 0.2) is 29.0 Å². The minimum absolute atomic E-state index is 0.0952. The molecule has 3 N–H and O–H groups in total. The van der Waals surface area contributed by atoms with Crippen LogP contribution >= 0.6 is 27.3 Å². The smallest absolute Gasteiger partial charge is 0.269 e. The van der Waals surface area contributed by atoms with Crippen molar-refractivity contribution in [1.29, 1.82) is 5.41 Å². The third-order valence-electron chi connectivity index (χ3n) is 4.36. The summed E-state index contributed by atoms with van der Waals surface area (Å²) in [6, 6.07) is 4.67. The van der Waals surface area contributed by atoms with Crippen LogP contribution in [0.4, 0.5) is 4.39 Å². The van der Waals surface area contributed by atoms with E-state index in [9.17, 15) is 9.18 Å². The van der Waals surface area contributed by atoms with E-state index >= 15 is 0 Å². The highest BCUT2D eigenvalue weighted by atomic mass is 79.9. The van der Waals surface area contributed by atoms with Gasteiger partial charge in [-0.25, -0.2) is 14.4 Å². The van der Waals surface area contributed by atoms with Crippen LogP contribution in [0.2, 0.25) is 0 Å². The van der Waals surface area contributed by atoms with Gasteiger partial charge in [-0.05, 0) is 34.1 Å². The van der Waals surface area contributed by atoms with Crippen LogP contribution in [-0.4, -0.2) is 36.9 Å². The van der Waals surface area contributed by atoms with Gasteiger partial charge in [0, 0.05) is 37.1 Å². The number of fused-ring (bicyclic) bond motifs is 1. The standard InChI is InChI=1S/C18H15BrFN7OS/c1-27-14(18(28)22-8-10-2-3-12(20)16(19)24-10)11(7-21)15-17(27)25-13(29-15)6-9-4-5-23-26-9/h2-5,7,21H,6,8H2,1H3,(H,22,28)(H,23,26). The van der Waals surface area contributed by atoms with Crippen LogP contribution in [0.3, 0.4) is 0 Å². The van der Waals surface area contributed by atoms with Gasteiger partial charge < -0.3 is 15.3 Å². The molecule has 0 atom stereocenters. The molecule has 0 aliphatic carbocycles. The van der Waals surface area contributed by atoms with Gasteiger partial charge in [0.05, 0.1) is 16.9 Å². The molecule has 0 bridgehead atoms. The molecule has 0 aromatic carbocycles. The summed E-state index contributed by atoms with van der Waals surface area (Å²) in [7, 11) is 1.75. The molecule has 4 aromatic rings. The van der Waals surface area contributed by atoms with Gasteiger partial charge in [-0.1, -0.05) is 0 Å². The normalized spacial score (nSPS) is 11.1. The largest absolute Gasteiger partial charge is 0.345 e. The lowest BCUT2D eigenvalue weighted by Gasteiger charge is -2.08. The lowest BCUT2D eigenvalue weighted by molar-refractivity contribution is 0.0942. The zero-order valence-corrected chi connectivity index (χ0v) is 17.6. The number of thiazole rings is 1. The first kappa shape index (κ1) is 19.4. The predicted octanol–water partition coefficient (Wildman–Crippen LogP) is 3.17. The Morgan fingerprint density at radius 1 is 1.41 bits per heavy atom. The minimum Gasteiger partial charge on any atom is -0.345 e. The summed E-state index contributed by atoms with van der Waals surface area (Å²) in [5.41, 5.74) is 2.97. The first-order valence-electron chi connectivity index (χ1n) is 8.54. The number of amides is 1. The maximum absolute atomic E-state index is 13.3. The summed E-state index contributed by atoms with van der Waals surface area (Å²) in [4.78, 5) is 21.5. The fraction of sp³-hybridized carbons (Fsp3) is 0.167. The van der Waals surface area contributed by atoms with Gasteiger partial charge in [-0.15, -0.1) is 11.3 Å². The Labute approximate surface area is 176 Å². The average Bonchev–Trinajstić information content (AvgIpc) is 3.41. The van der Waals surface area contributed by atoms with Crippen LogP contribution in [0.1, 0.15) is 32.4 Å². The molecule has 0 saturated carbocycles. The number of aromatic nitrogens is 5. The molecule has 4 rings (SSSR count). The van der Waals surface area contributed by atoms with Gasteiger partial charge in [0.25, 0.3) is 5.91 Å². The lowest BCUT2D eigenvalue weighted by Crippen LogP contribution is -2.26. The average molecular weight is 476 g/mol. The Hall–Kier alpha value is -2.92. The molecule has 4 heterocycles. The van der Waals surface area contributed by atoms with Gasteiger partial charge >= 0.3 is 0 Å². The van der Waals surface area contributed by atoms with E-state index in [1.807, 2.05) is 6.07 Å². The zero-order chi connectivity index (χ0) is 20.5. The molecule has 0 unspecified atom stereocenters. The summed E-state index contributed by atoms with van der Waals surface area (Å²) in [6.07, 6.45) is 3.45. The highest BCUT2D eigenvalue weighted by Crippen LogP contribution is 2.30. The third-order valence-corrected chi connectivity index (χ3v) is 5.99. The molecular weight excluding hydrogens is 461 g/mol. The van der Waals surface area contributed by atoms with E-state index in [-0.39, 0.29) is 17.1 Å². The fourth-order valence-corrected chi connectivity index (χ4v) is 4.48. The van der Waals surface area contributed by atoms with Crippen molar-refractivity contribution < 1.29 is 9.18 Å². The number of hydrogen-bond acceptors (Lipinski definition) is 6. The van der Waals surface area contributed by atoms with E-state index in [0.29, 0.717) is 29.0 Å². The van der Waals surface area contributed by atoms with Crippen molar-refractivity contribution in [3.05, 3.63) is 62.5 Å². The van der Waals surface area contributed by atoms with E-state index in [1.165, 1.54) is 29.7 Å².